The number of aromatic nitrogens is 2. The van der Waals surface area contributed by atoms with Crippen molar-refractivity contribution in [1.82, 2.24) is 9.55 Å². The predicted octanol–water partition coefficient (Wildman–Crippen LogP) is 3.32. The van der Waals surface area contributed by atoms with Gasteiger partial charge in [0.05, 0.1) is 5.02 Å². The number of rotatable bonds is 6. The molecule has 0 atom stereocenters. The van der Waals surface area contributed by atoms with E-state index in [1.54, 1.807) is 6.92 Å². The average Bonchev–Trinajstić information content (AvgIpc) is 2.70. The van der Waals surface area contributed by atoms with Crippen molar-refractivity contribution in [2.24, 2.45) is 0 Å². The molecule has 1 heterocycles. The minimum Gasteiger partial charge on any atom is -0.396 e. The standard InChI is InChI=1S/C21H18ClF2N3O3/c1-12-16(8-9-28)21(30)27(20(25-12)13-2-4-14(23)5-3-13)11-19(29)26-15-6-7-18(24)17(22)10-15/h2-7,10,28H,8-9,11H2,1H3,(H,26,29). The zero-order valence-corrected chi connectivity index (χ0v) is 16.7. The smallest absolute Gasteiger partial charge is 0.257 e. The lowest BCUT2D eigenvalue weighted by molar-refractivity contribution is -0.116. The van der Waals surface area contributed by atoms with Gasteiger partial charge in [-0.25, -0.2) is 13.8 Å². The van der Waals surface area contributed by atoms with Gasteiger partial charge in [0, 0.05) is 35.5 Å². The summed E-state index contributed by atoms with van der Waals surface area (Å²) in [5, 5.41) is 11.7. The topological polar surface area (TPSA) is 84.2 Å². The number of carbonyl (C=O) groups is 1. The number of nitrogens with zero attached hydrogens (tertiary/aromatic N) is 2. The molecule has 0 aliphatic heterocycles. The Morgan fingerprint density at radius 1 is 1.20 bits per heavy atom. The molecule has 0 spiro atoms. The highest BCUT2D eigenvalue weighted by Gasteiger charge is 2.18. The van der Waals surface area contributed by atoms with Gasteiger partial charge in [0.15, 0.2) is 0 Å². The van der Waals surface area contributed by atoms with E-state index in [0.717, 1.165) is 10.6 Å². The van der Waals surface area contributed by atoms with Gasteiger partial charge in [0.25, 0.3) is 5.56 Å². The van der Waals surface area contributed by atoms with Crippen LogP contribution < -0.4 is 10.9 Å². The van der Waals surface area contributed by atoms with E-state index >= 15 is 0 Å². The van der Waals surface area contributed by atoms with Crippen LogP contribution in [-0.2, 0) is 17.8 Å². The van der Waals surface area contributed by atoms with Crippen LogP contribution in [0.5, 0.6) is 0 Å². The third-order valence-corrected chi connectivity index (χ3v) is 4.73. The van der Waals surface area contributed by atoms with Crippen LogP contribution in [0, 0.1) is 18.6 Å². The molecule has 0 fully saturated rings. The summed E-state index contributed by atoms with van der Waals surface area (Å²) in [5.74, 6) is -1.46. The first-order chi connectivity index (χ1) is 14.3. The number of hydrogen-bond donors (Lipinski definition) is 2. The van der Waals surface area contributed by atoms with Crippen molar-refractivity contribution in [2.45, 2.75) is 19.9 Å². The van der Waals surface area contributed by atoms with Crippen LogP contribution in [0.4, 0.5) is 14.5 Å². The molecule has 0 unspecified atom stereocenters. The van der Waals surface area contributed by atoms with Crippen molar-refractivity contribution in [2.75, 3.05) is 11.9 Å². The fraction of sp³-hybridized carbons (Fsp3) is 0.190. The lowest BCUT2D eigenvalue weighted by atomic mass is 10.1. The number of nitrogens with one attached hydrogen (secondary N) is 1. The van der Waals surface area contributed by atoms with Gasteiger partial charge in [-0.3, -0.25) is 14.2 Å². The van der Waals surface area contributed by atoms with E-state index in [2.05, 4.69) is 10.3 Å². The highest BCUT2D eigenvalue weighted by Crippen LogP contribution is 2.21. The van der Waals surface area contributed by atoms with E-state index in [1.807, 2.05) is 0 Å². The van der Waals surface area contributed by atoms with Gasteiger partial charge >= 0.3 is 0 Å². The molecule has 3 aromatic rings. The molecule has 2 N–H and O–H groups in total. The van der Waals surface area contributed by atoms with Crippen LogP contribution in [0.2, 0.25) is 5.02 Å². The first-order valence-corrected chi connectivity index (χ1v) is 9.40. The van der Waals surface area contributed by atoms with Crippen molar-refractivity contribution in [1.29, 1.82) is 0 Å². The first-order valence-electron chi connectivity index (χ1n) is 9.02. The Morgan fingerprint density at radius 2 is 1.90 bits per heavy atom. The SMILES string of the molecule is Cc1nc(-c2ccc(F)cc2)n(CC(=O)Nc2ccc(F)c(Cl)c2)c(=O)c1CCO. The Balaban J connectivity index is 2.01. The summed E-state index contributed by atoms with van der Waals surface area (Å²) in [6, 6.07) is 9.07. The van der Waals surface area contributed by atoms with Gasteiger partial charge in [0.1, 0.15) is 24.0 Å². The van der Waals surface area contributed by atoms with E-state index in [4.69, 9.17) is 11.6 Å². The van der Waals surface area contributed by atoms with E-state index < -0.39 is 29.6 Å². The van der Waals surface area contributed by atoms with Crippen LogP contribution in [-0.4, -0.2) is 27.2 Å². The number of halogens is 3. The van der Waals surface area contributed by atoms with E-state index in [1.165, 1.54) is 36.4 Å². The Hall–Kier alpha value is -3.10. The highest BCUT2D eigenvalue weighted by atomic mass is 35.5. The molecule has 0 aliphatic carbocycles. The highest BCUT2D eigenvalue weighted by molar-refractivity contribution is 6.31. The lowest BCUT2D eigenvalue weighted by Crippen LogP contribution is -2.33. The second-order valence-electron chi connectivity index (χ2n) is 6.55. The van der Waals surface area contributed by atoms with Gasteiger partial charge in [0.2, 0.25) is 5.91 Å². The molecule has 156 valence electrons. The quantitative estimate of drug-likeness (QED) is 0.624. The van der Waals surface area contributed by atoms with Gasteiger partial charge in [-0.1, -0.05) is 11.6 Å². The number of aliphatic hydroxyl groups is 1. The van der Waals surface area contributed by atoms with Gasteiger partial charge in [-0.15, -0.1) is 0 Å². The summed E-state index contributed by atoms with van der Waals surface area (Å²) in [6.45, 7) is 0.977. The summed E-state index contributed by atoms with van der Waals surface area (Å²) >= 11 is 5.73. The van der Waals surface area contributed by atoms with Crippen molar-refractivity contribution in [3.63, 3.8) is 0 Å². The molecule has 9 heteroatoms. The minimum atomic E-state index is -0.624. The maximum absolute atomic E-state index is 13.3. The summed E-state index contributed by atoms with van der Waals surface area (Å²) < 4.78 is 27.8. The molecule has 6 nitrogen and oxygen atoms in total. The minimum absolute atomic E-state index is 0.0799. The molecule has 0 saturated carbocycles. The molecular formula is C21H18ClF2N3O3. The largest absolute Gasteiger partial charge is 0.396 e. The number of amides is 1. The maximum atomic E-state index is 13.3. The van der Waals surface area contributed by atoms with Crippen molar-refractivity contribution < 1.29 is 18.7 Å². The van der Waals surface area contributed by atoms with Gasteiger partial charge < -0.3 is 10.4 Å². The zero-order valence-electron chi connectivity index (χ0n) is 16.0. The van der Waals surface area contributed by atoms with E-state index in [9.17, 15) is 23.5 Å². The van der Waals surface area contributed by atoms with Crippen molar-refractivity contribution in [3.05, 3.63) is 80.7 Å². The second kappa shape index (κ2) is 9.15. The first kappa shape index (κ1) is 21.6. The number of aliphatic hydroxyl groups excluding tert-OH is 1. The fourth-order valence-corrected chi connectivity index (χ4v) is 3.16. The molecule has 1 amide bonds. The Morgan fingerprint density at radius 3 is 2.53 bits per heavy atom. The zero-order chi connectivity index (χ0) is 21.8. The normalized spacial score (nSPS) is 10.8. The fourth-order valence-electron chi connectivity index (χ4n) is 2.98. The Labute approximate surface area is 175 Å². The third-order valence-electron chi connectivity index (χ3n) is 4.44. The molecule has 3 rings (SSSR count). The van der Waals surface area contributed by atoms with Crippen molar-refractivity contribution >= 4 is 23.2 Å². The van der Waals surface area contributed by atoms with Gasteiger partial charge in [-0.05, 0) is 49.4 Å². The average molecular weight is 434 g/mol. The van der Waals surface area contributed by atoms with E-state index in [0.29, 0.717) is 11.3 Å². The van der Waals surface area contributed by atoms with Crippen LogP contribution in [0.15, 0.2) is 47.3 Å². The monoisotopic (exact) mass is 433 g/mol. The summed E-state index contributed by atoms with van der Waals surface area (Å²) in [5.41, 5.74) is 0.919. The van der Waals surface area contributed by atoms with Crippen LogP contribution in [0.3, 0.4) is 0 Å². The van der Waals surface area contributed by atoms with Crippen LogP contribution >= 0.6 is 11.6 Å². The van der Waals surface area contributed by atoms with E-state index in [-0.39, 0.29) is 35.1 Å². The third kappa shape index (κ3) is 4.72. The predicted molar refractivity (Wildman–Crippen MR) is 109 cm³/mol. The molecule has 30 heavy (non-hydrogen) atoms. The molecule has 2 aromatic carbocycles. The number of benzene rings is 2. The number of hydrogen-bond acceptors (Lipinski definition) is 4. The summed E-state index contributed by atoms with van der Waals surface area (Å²) in [6.07, 6.45) is 0.0799. The molecule has 0 bridgehead atoms. The molecule has 0 radical (unpaired) electrons. The van der Waals surface area contributed by atoms with Crippen molar-refractivity contribution in [3.8, 4) is 11.4 Å². The van der Waals surface area contributed by atoms with Crippen LogP contribution in [0.1, 0.15) is 11.3 Å². The Bertz CT molecular complexity index is 1150. The molecular weight excluding hydrogens is 416 g/mol. The molecule has 1 aromatic heterocycles. The Kier molecular flexibility index (Phi) is 6.59. The maximum Gasteiger partial charge on any atom is 0.257 e. The lowest BCUT2D eigenvalue weighted by Gasteiger charge is -2.16. The number of carbonyl (C=O) groups excluding carboxylic acids is 1. The number of aryl methyl sites for hydroxylation is 1. The summed E-state index contributed by atoms with van der Waals surface area (Å²) in [7, 11) is 0. The second-order valence-corrected chi connectivity index (χ2v) is 6.96. The molecule has 0 aliphatic rings. The number of anilines is 1. The summed E-state index contributed by atoms with van der Waals surface area (Å²) in [4.78, 5) is 30.0. The van der Waals surface area contributed by atoms with Crippen LogP contribution in [0.25, 0.3) is 11.4 Å². The molecule has 0 saturated heterocycles. The van der Waals surface area contributed by atoms with Gasteiger partial charge in [-0.2, -0.15) is 0 Å².